The van der Waals surface area contributed by atoms with Gasteiger partial charge >= 0.3 is 0 Å². The van der Waals surface area contributed by atoms with Crippen LogP contribution in [0.25, 0.3) is 5.57 Å². The Hall–Kier alpha value is -2.22. The fourth-order valence-corrected chi connectivity index (χ4v) is 3.23. The fraction of sp³-hybridized carbons (Fsp3) is 0.238. The fourth-order valence-electron chi connectivity index (χ4n) is 3.23. The second kappa shape index (κ2) is 6.91. The van der Waals surface area contributed by atoms with Crippen LogP contribution in [0.2, 0.25) is 0 Å². The third-order valence-corrected chi connectivity index (χ3v) is 4.54. The molecule has 0 bridgehead atoms. The van der Waals surface area contributed by atoms with Crippen molar-refractivity contribution in [2.45, 2.75) is 31.6 Å². The van der Waals surface area contributed by atoms with Crippen molar-refractivity contribution < 1.29 is 8.78 Å². The summed E-state index contributed by atoms with van der Waals surface area (Å²) < 4.78 is 27.3. The van der Waals surface area contributed by atoms with Crippen molar-refractivity contribution in [3.8, 4) is 0 Å². The van der Waals surface area contributed by atoms with Crippen molar-refractivity contribution in [3.05, 3.63) is 89.5 Å². The molecule has 118 valence electrons. The number of halogens is 2. The molecule has 3 rings (SSSR count). The monoisotopic (exact) mass is 310 g/mol. The highest BCUT2D eigenvalue weighted by Gasteiger charge is 2.19. The van der Waals surface area contributed by atoms with E-state index < -0.39 is 11.6 Å². The third kappa shape index (κ3) is 3.42. The molecule has 23 heavy (non-hydrogen) atoms. The molecule has 0 spiro atoms. The highest BCUT2D eigenvalue weighted by atomic mass is 19.2. The van der Waals surface area contributed by atoms with E-state index in [1.165, 1.54) is 11.1 Å². The maximum atomic E-state index is 13.9. The van der Waals surface area contributed by atoms with Crippen LogP contribution in [0.15, 0.2) is 61.2 Å². The van der Waals surface area contributed by atoms with Crippen molar-refractivity contribution >= 4 is 5.57 Å². The average Bonchev–Trinajstić information content (AvgIpc) is 2.59. The van der Waals surface area contributed by atoms with E-state index in [2.05, 4.69) is 36.9 Å². The molecule has 1 aliphatic carbocycles. The second-order valence-corrected chi connectivity index (χ2v) is 6.04. The summed E-state index contributed by atoms with van der Waals surface area (Å²) in [7, 11) is 0. The van der Waals surface area contributed by atoms with Crippen LogP contribution in [0.1, 0.15) is 41.9 Å². The molecular formula is C21H20F2. The number of hydrogen-bond acceptors (Lipinski definition) is 0. The van der Waals surface area contributed by atoms with Gasteiger partial charge in [-0.1, -0.05) is 48.6 Å². The van der Waals surface area contributed by atoms with Gasteiger partial charge in [0.25, 0.3) is 0 Å². The Kier molecular flexibility index (Phi) is 4.71. The molecule has 0 radical (unpaired) electrons. The van der Waals surface area contributed by atoms with Crippen molar-refractivity contribution in [1.29, 1.82) is 0 Å². The van der Waals surface area contributed by atoms with E-state index >= 15 is 0 Å². The molecule has 2 heteroatoms. The van der Waals surface area contributed by atoms with Crippen molar-refractivity contribution in [2.24, 2.45) is 0 Å². The molecule has 0 amide bonds. The van der Waals surface area contributed by atoms with Gasteiger partial charge in [-0.3, -0.25) is 0 Å². The number of hydrogen-bond donors (Lipinski definition) is 0. The summed E-state index contributed by atoms with van der Waals surface area (Å²) in [6.45, 7) is 3.75. The van der Waals surface area contributed by atoms with E-state index in [4.69, 9.17) is 0 Å². The van der Waals surface area contributed by atoms with Crippen molar-refractivity contribution in [1.82, 2.24) is 0 Å². The first kappa shape index (κ1) is 15.7. The Morgan fingerprint density at radius 3 is 2.52 bits per heavy atom. The molecular weight excluding hydrogens is 290 g/mol. The Balaban J connectivity index is 1.75. The van der Waals surface area contributed by atoms with Gasteiger partial charge in [0, 0.05) is 5.56 Å². The quantitative estimate of drug-likeness (QED) is 0.603. The Morgan fingerprint density at radius 1 is 1.09 bits per heavy atom. The van der Waals surface area contributed by atoms with Gasteiger partial charge in [0.2, 0.25) is 0 Å². The van der Waals surface area contributed by atoms with Crippen molar-refractivity contribution in [2.75, 3.05) is 0 Å². The molecule has 0 N–H and O–H groups in total. The number of benzene rings is 2. The van der Waals surface area contributed by atoms with Gasteiger partial charge in [-0.25, -0.2) is 8.78 Å². The summed E-state index contributed by atoms with van der Waals surface area (Å²) in [6.07, 6.45) is 7.45. The summed E-state index contributed by atoms with van der Waals surface area (Å²) in [5, 5.41) is 0. The first-order chi connectivity index (χ1) is 11.2. The predicted molar refractivity (Wildman–Crippen MR) is 91.3 cm³/mol. The third-order valence-electron chi connectivity index (χ3n) is 4.54. The molecule has 2 aromatic carbocycles. The minimum absolute atomic E-state index is 0.407. The maximum Gasteiger partial charge on any atom is 0.166 e. The van der Waals surface area contributed by atoms with Gasteiger partial charge < -0.3 is 0 Å². The van der Waals surface area contributed by atoms with E-state index in [0.29, 0.717) is 11.5 Å². The van der Waals surface area contributed by atoms with Crippen LogP contribution >= 0.6 is 0 Å². The van der Waals surface area contributed by atoms with Crippen LogP contribution in [0.3, 0.4) is 0 Å². The molecule has 0 saturated carbocycles. The molecule has 2 aromatic rings. The smallest absolute Gasteiger partial charge is 0.166 e. The largest absolute Gasteiger partial charge is 0.204 e. The average molecular weight is 310 g/mol. The normalized spacial score (nSPS) is 17.7. The summed E-state index contributed by atoms with van der Waals surface area (Å²) in [5.41, 5.74) is 3.90. The van der Waals surface area contributed by atoms with Gasteiger partial charge in [-0.15, -0.1) is 6.58 Å². The van der Waals surface area contributed by atoms with Crippen LogP contribution in [-0.4, -0.2) is 0 Å². The zero-order valence-corrected chi connectivity index (χ0v) is 13.1. The lowest BCUT2D eigenvalue weighted by Crippen LogP contribution is -2.05. The highest BCUT2D eigenvalue weighted by Crippen LogP contribution is 2.37. The van der Waals surface area contributed by atoms with E-state index in [1.54, 1.807) is 12.1 Å². The standard InChI is InChI=1S/C21H20F2/c1-2-4-15-7-9-16(10-8-15)17-11-13-18(14-12-17)19-5-3-6-20(22)21(19)23/h2-3,5-10,13,17H,1,4,11-12,14H2. The zero-order valence-electron chi connectivity index (χ0n) is 13.1. The molecule has 0 aromatic heterocycles. The summed E-state index contributed by atoms with van der Waals surface area (Å²) in [6, 6.07) is 13.0. The lowest BCUT2D eigenvalue weighted by atomic mass is 9.82. The van der Waals surface area contributed by atoms with Crippen LogP contribution in [0.5, 0.6) is 0 Å². The molecule has 0 fully saturated rings. The molecule has 0 heterocycles. The first-order valence-corrected chi connectivity index (χ1v) is 8.02. The SMILES string of the molecule is C=CCc1ccc(C2CC=C(c3cccc(F)c3F)CC2)cc1. The van der Waals surface area contributed by atoms with Gasteiger partial charge in [-0.05, 0) is 54.4 Å². The summed E-state index contributed by atoms with van der Waals surface area (Å²) in [5.74, 6) is -1.05. The van der Waals surface area contributed by atoms with E-state index in [1.807, 2.05) is 6.08 Å². The van der Waals surface area contributed by atoms with Crippen LogP contribution in [-0.2, 0) is 6.42 Å². The molecule has 1 atom stereocenters. The van der Waals surface area contributed by atoms with Crippen LogP contribution in [0.4, 0.5) is 8.78 Å². The highest BCUT2D eigenvalue weighted by molar-refractivity contribution is 5.67. The maximum absolute atomic E-state index is 13.9. The first-order valence-electron chi connectivity index (χ1n) is 8.02. The van der Waals surface area contributed by atoms with E-state index in [0.717, 1.165) is 37.3 Å². The van der Waals surface area contributed by atoms with Crippen LogP contribution in [0, 0.1) is 11.6 Å². The van der Waals surface area contributed by atoms with Gasteiger partial charge in [0.1, 0.15) is 0 Å². The van der Waals surface area contributed by atoms with Gasteiger partial charge in [-0.2, -0.15) is 0 Å². The minimum Gasteiger partial charge on any atom is -0.204 e. The minimum atomic E-state index is -0.775. The van der Waals surface area contributed by atoms with Gasteiger partial charge in [0.15, 0.2) is 11.6 Å². The molecule has 0 saturated heterocycles. The lowest BCUT2D eigenvalue weighted by molar-refractivity contribution is 0.505. The van der Waals surface area contributed by atoms with E-state index in [9.17, 15) is 8.78 Å². The van der Waals surface area contributed by atoms with Crippen LogP contribution < -0.4 is 0 Å². The molecule has 1 aliphatic rings. The Morgan fingerprint density at radius 2 is 1.87 bits per heavy atom. The number of allylic oxidation sites excluding steroid dienone is 3. The van der Waals surface area contributed by atoms with E-state index in [-0.39, 0.29) is 0 Å². The topological polar surface area (TPSA) is 0 Å². The van der Waals surface area contributed by atoms with Gasteiger partial charge in [0.05, 0.1) is 0 Å². The second-order valence-electron chi connectivity index (χ2n) is 6.04. The summed E-state index contributed by atoms with van der Waals surface area (Å²) in [4.78, 5) is 0. The molecule has 0 aliphatic heterocycles. The molecule has 1 unspecified atom stereocenters. The number of rotatable bonds is 4. The Labute approximate surface area is 136 Å². The zero-order chi connectivity index (χ0) is 16.2. The van der Waals surface area contributed by atoms with Crippen molar-refractivity contribution in [3.63, 3.8) is 0 Å². The summed E-state index contributed by atoms with van der Waals surface area (Å²) >= 11 is 0. The lowest BCUT2D eigenvalue weighted by Gasteiger charge is -2.23. The predicted octanol–water partition coefficient (Wildman–Crippen LogP) is 6.04. The Bertz CT molecular complexity index is 726. The molecule has 0 nitrogen and oxygen atoms in total.